The van der Waals surface area contributed by atoms with Crippen LogP contribution >= 0.6 is 0 Å². The summed E-state index contributed by atoms with van der Waals surface area (Å²) in [6.45, 7) is 5.64. The highest BCUT2D eigenvalue weighted by molar-refractivity contribution is 6.08. The minimum absolute atomic E-state index is 0.0169. The number of aromatic nitrogens is 2. The third-order valence-electron chi connectivity index (χ3n) is 6.44. The molecule has 4 bridgehead atoms. The minimum Gasteiger partial charge on any atom is -0.388 e. The van der Waals surface area contributed by atoms with E-state index in [1.165, 1.54) is 0 Å². The minimum atomic E-state index is -1.21. The van der Waals surface area contributed by atoms with Gasteiger partial charge in [0.2, 0.25) is 5.95 Å². The van der Waals surface area contributed by atoms with Crippen molar-refractivity contribution >= 4 is 29.0 Å². The highest BCUT2D eigenvalue weighted by atomic mass is 19.1. The van der Waals surface area contributed by atoms with Crippen LogP contribution in [0.4, 0.5) is 27.5 Å². The van der Waals surface area contributed by atoms with Crippen LogP contribution < -0.4 is 20.9 Å². The molecule has 0 radical (unpaired) electrons. The zero-order chi connectivity index (χ0) is 22.0. The van der Waals surface area contributed by atoms with E-state index in [1.54, 1.807) is 13.0 Å². The molecule has 31 heavy (non-hydrogen) atoms. The summed E-state index contributed by atoms with van der Waals surface area (Å²) >= 11 is 0. The van der Waals surface area contributed by atoms with E-state index in [2.05, 4.69) is 30.8 Å². The number of hydrogen-bond donors (Lipinski definition) is 3. The number of alkyl halides is 1. The predicted octanol–water partition coefficient (Wildman–Crippen LogP) is 4.23. The van der Waals surface area contributed by atoms with Crippen molar-refractivity contribution in [2.45, 2.75) is 45.2 Å². The molecule has 1 unspecified atom stereocenters. The lowest BCUT2D eigenvalue weighted by Gasteiger charge is -2.40. The number of nitrogens with zero attached hydrogens (tertiary/aromatic N) is 3. The quantitative estimate of drug-likeness (QED) is 0.633. The molecule has 4 heterocycles. The maximum Gasteiger partial charge on any atom is 0.258 e. The Bertz CT molecular complexity index is 955. The Morgan fingerprint density at radius 3 is 2.74 bits per heavy atom. The maximum atomic E-state index is 15.5. The van der Waals surface area contributed by atoms with Crippen LogP contribution in [0.1, 0.15) is 48.7 Å². The van der Waals surface area contributed by atoms with E-state index < -0.39 is 5.67 Å². The van der Waals surface area contributed by atoms with Crippen LogP contribution in [0.3, 0.4) is 0 Å². The molecule has 5 rings (SSSR count). The summed E-state index contributed by atoms with van der Waals surface area (Å²) in [7, 11) is 1.86. The largest absolute Gasteiger partial charge is 0.388 e. The van der Waals surface area contributed by atoms with Gasteiger partial charge in [-0.15, -0.1) is 0 Å². The number of carbonyl (C=O) groups excluding carboxylic acids is 1. The van der Waals surface area contributed by atoms with Gasteiger partial charge in [-0.3, -0.25) is 4.79 Å². The van der Waals surface area contributed by atoms with E-state index in [0.717, 1.165) is 43.0 Å². The topological polar surface area (TPSA) is 82.2 Å². The Kier molecular flexibility index (Phi) is 5.98. The number of rotatable bonds is 1. The Balaban J connectivity index is 1.72. The van der Waals surface area contributed by atoms with Gasteiger partial charge >= 0.3 is 0 Å². The first-order chi connectivity index (χ1) is 14.9. The van der Waals surface area contributed by atoms with Crippen molar-refractivity contribution in [3.05, 3.63) is 35.5 Å². The molecule has 0 saturated carbocycles. The first kappa shape index (κ1) is 21.3. The molecular weight excluding hydrogens is 395 g/mol. The van der Waals surface area contributed by atoms with Gasteiger partial charge in [-0.2, -0.15) is 4.98 Å². The number of fused-ring (bicyclic) bond motifs is 7. The number of anilines is 4. The predicted molar refractivity (Wildman–Crippen MR) is 123 cm³/mol. The molecule has 3 aliphatic rings. The maximum absolute atomic E-state index is 15.5. The Labute approximate surface area is 182 Å². The number of nitrogens with one attached hydrogen (secondary N) is 3. The summed E-state index contributed by atoms with van der Waals surface area (Å²) in [5.41, 5.74) is 1.91. The van der Waals surface area contributed by atoms with Crippen LogP contribution in [0.2, 0.25) is 0 Å². The lowest BCUT2D eigenvalue weighted by molar-refractivity contribution is 0.0729. The van der Waals surface area contributed by atoms with Crippen LogP contribution in [0, 0.1) is 12.8 Å². The Morgan fingerprint density at radius 1 is 1.23 bits per heavy atom. The summed E-state index contributed by atoms with van der Waals surface area (Å²) in [5, 5.41) is 9.26. The van der Waals surface area contributed by atoms with Crippen LogP contribution in [-0.2, 0) is 0 Å². The van der Waals surface area contributed by atoms with Gasteiger partial charge in [0.05, 0.1) is 11.3 Å². The summed E-state index contributed by atoms with van der Waals surface area (Å²) < 4.78 is 15.5. The molecule has 1 atom stereocenters. The lowest BCUT2D eigenvalue weighted by atomic mass is 9.80. The Morgan fingerprint density at radius 2 is 2.00 bits per heavy atom. The highest BCUT2D eigenvalue weighted by Crippen LogP contribution is 2.37. The van der Waals surface area contributed by atoms with Gasteiger partial charge < -0.3 is 20.9 Å². The molecule has 1 saturated heterocycles. The second-order valence-electron chi connectivity index (χ2n) is 8.72. The molecule has 166 valence electrons. The van der Waals surface area contributed by atoms with E-state index in [0.29, 0.717) is 36.7 Å². The van der Waals surface area contributed by atoms with Gasteiger partial charge in [-0.05, 0) is 63.6 Å². The number of aryl methyl sites for hydroxylation is 1. The highest BCUT2D eigenvalue weighted by Gasteiger charge is 2.36. The van der Waals surface area contributed by atoms with Gasteiger partial charge in [0.15, 0.2) is 0 Å². The molecule has 8 heteroatoms. The van der Waals surface area contributed by atoms with Crippen molar-refractivity contribution in [1.82, 2.24) is 9.97 Å². The van der Waals surface area contributed by atoms with E-state index in [-0.39, 0.29) is 11.8 Å². The standard InChI is InChI=1S/C23H31FN6O/c1-15-13-20-28-21(31)18-6-5-17(25-3)14-19(18)30-11-7-16(8-12-30)23(2,24)9-4-10-26-22(27-15)29-20/h5-6,13-14,16,25H,4,7-12H2,1-3H3,(H2,26,27,28,29,31). The van der Waals surface area contributed by atoms with Crippen molar-refractivity contribution in [3.8, 4) is 0 Å². The first-order valence-electron chi connectivity index (χ1n) is 11.0. The fourth-order valence-corrected chi connectivity index (χ4v) is 4.60. The van der Waals surface area contributed by atoms with Gasteiger partial charge in [0.1, 0.15) is 11.5 Å². The average molecular weight is 427 g/mol. The van der Waals surface area contributed by atoms with E-state index in [4.69, 9.17) is 0 Å². The fraction of sp³-hybridized carbons (Fsp3) is 0.522. The van der Waals surface area contributed by atoms with Crippen LogP contribution in [0.15, 0.2) is 24.3 Å². The number of piperidine rings is 1. The first-order valence-corrected chi connectivity index (χ1v) is 11.0. The van der Waals surface area contributed by atoms with E-state index >= 15 is 4.39 Å². The Hall–Kier alpha value is -2.90. The van der Waals surface area contributed by atoms with Crippen molar-refractivity contribution in [2.24, 2.45) is 5.92 Å². The summed E-state index contributed by atoms with van der Waals surface area (Å²) in [6, 6.07) is 7.46. The molecule has 1 fully saturated rings. The normalized spacial score (nSPS) is 24.2. The molecule has 0 spiro atoms. The summed E-state index contributed by atoms with van der Waals surface area (Å²) in [5.74, 6) is 0.693. The average Bonchev–Trinajstić information content (AvgIpc) is 2.75. The second-order valence-corrected chi connectivity index (χ2v) is 8.72. The summed E-state index contributed by atoms with van der Waals surface area (Å²) in [6.07, 6.45) is 2.74. The van der Waals surface area contributed by atoms with Gasteiger partial charge in [0.25, 0.3) is 5.91 Å². The van der Waals surface area contributed by atoms with Gasteiger partial charge in [0, 0.05) is 44.1 Å². The number of halogens is 1. The third-order valence-corrected chi connectivity index (χ3v) is 6.44. The lowest BCUT2D eigenvalue weighted by Crippen LogP contribution is -2.42. The molecule has 2 aromatic rings. The zero-order valence-corrected chi connectivity index (χ0v) is 18.5. The number of benzene rings is 1. The smallest absolute Gasteiger partial charge is 0.258 e. The summed E-state index contributed by atoms with van der Waals surface area (Å²) in [4.78, 5) is 24.2. The molecule has 1 aromatic carbocycles. The van der Waals surface area contributed by atoms with Crippen LogP contribution in [0.5, 0.6) is 0 Å². The molecule has 0 aliphatic carbocycles. The fourth-order valence-electron chi connectivity index (χ4n) is 4.60. The molecule has 3 aliphatic heterocycles. The van der Waals surface area contributed by atoms with Gasteiger partial charge in [-0.1, -0.05) is 0 Å². The van der Waals surface area contributed by atoms with E-state index in [1.807, 2.05) is 32.2 Å². The SMILES string of the molecule is CNc1ccc2c(c1)N1CCC(CC1)C(C)(F)CCCNc1nc(C)cc(n1)NC2=O. The third kappa shape index (κ3) is 4.73. The molecule has 7 nitrogen and oxygen atoms in total. The van der Waals surface area contributed by atoms with Crippen LogP contribution in [0.25, 0.3) is 0 Å². The van der Waals surface area contributed by atoms with Crippen molar-refractivity contribution < 1.29 is 9.18 Å². The monoisotopic (exact) mass is 426 g/mol. The molecule has 1 amide bonds. The van der Waals surface area contributed by atoms with Crippen molar-refractivity contribution in [3.63, 3.8) is 0 Å². The van der Waals surface area contributed by atoms with Crippen LogP contribution in [-0.4, -0.2) is 48.2 Å². The zero-order valence-electron chi connectivity index (χ0n) is 18.5. The number of carbonyl (C=O) groups is 1. The van der Waals surface area contributed by atoms with Gasteiger partial charge in [-0.25, -0.2) is 9.37 Å². The number of hydrogen-bond acceptors (Lipinski definition) is 6. The van der Waals surface area contributed by atoms with Crippen molar-refractivity contribution in [1.29, 1.82) is 0 Å². The number of amides is 1. The van der Waals surface area contributed by atoms with Crippen molar-refractivity contribution in [2.75, 3.05) is 47.5 Å². The molecule has 1 aromatic heterocycles. The molecular formula is C23H31FN6O. The molecule has 3 N–H and O–H groups in total. The van der Waals surface area contributed by atoms with E-state index in [9.17, 15) is 4.79 Å². The second kappa shape index (κ2) is 8.69.